The van der Waals surface area contributed by atoms with E-state index in [1.165, 1.54) is 18.4 Å². The Morgan fingerprint density at radius 1 is 1.44 bits per heavy atom. The van der Waals surface area contributed by atoms with Gasteiger partial charge in [0.05, 0.1) is 6.61 Å². The Morgan fingerprint density at radius 2 is 2.22 bits per heavy atom. The predicted octanol–water partition coefficient (Wildman–Crippen LogP) is 2.89. The Labute approximate surface area is 117 Å². The number of rotatable bonds is 7. The average Bonchev–Trinajstić information content (AvgIpc) is 3.14. The van der Waals surface area contributed by atoms with E-state index in [1.54, 1.807) is 0 Å². The Balaban J connectivity index is 1.68. The van der Waals surface area contributed by atoms with E-state index in [0.717, 1.165) is 42.4 Å². The van der Waals surface area contributed by atoms with Gasteiger partial charge in [0, 0.05) is 29.9 Å². The van der Waals surface area contributed by atoms with Gasteiger partial charge in [-0.2, -0.15) is 0 Å². The third kappa shape index (κ3) is 4.59. The molecule has 0 radical (unpaired) electrons. The van der Waals surface area contributed by atoms with Crippen molar-refractivity contribution >= 4 is 21.6 Å². The topological polar surface area (TPSA) is 38.5 Å². The van der Waals surface area contributed by atoms with Crippen LogP contribution in [0.15, 0.2) is 22.7 Å². The molecule has 1 aromatic rings. The molecule has 0 aliphatic heterocycles. The van der Waals surface area contributed by atoms with Crippen LogP contribution in [0.2, 0.25) is 0 Å². The molecule has 1 aliphatic rings. The van der Waals surface area contributed by atoms with Gasteiger partial charge < -0.3 is 10.5 Å². The van der Waals surface area contributed by atoms with E-state index in [4.69, 9.17) is 10.5 Å². The van der Waals surface area contributed by atoms with Gasteiger partial charge in [0.25, 0.3) is 0 Å². The lowest BCUT2D eigenvalue weighted by atomic mass is 10.2. The quantitative estimate of drug-likeness (QED) is 0.621. The number of hydrogen-bond donors (Lipinski definition) is 1. The van der Waals surface area contributed by atoms with Gasteiger partial charge in [-0.1, -0.05) is 6.07 Å². The maximum absolute atomic E-state index is 5.87. The summed E-state index contributed by atoms with van der Waals surface area (Å²) in [7, 11) is 2.11. The summed E-state index contributed by atoms with van der Waals surface area (Å²) in [5.74, 6) is 0.849. The first kappa shape index (κ1) is 13.8. The molecule has 0 atom stereocenters. The van der Waals surface area contributed by atoms with Crippen molar-refractivity contribution in [1.82, 2.24) is 4.90 Å². The van der Waals surface area contributed by atoms with E-state index in [-0.39, 0.29) is 0 Å². The summed E-state index contributed by atoms with van der Waals surface area (Å²) in [6.45, 7) is 3.63. The monoisotopic (exact) mass is 312 g/mol. The van der Waals surface area contributed by atoms with Crippen molar-refractivity contribution in [2.45, 2.75) is 19.4 Å². The lowest BCUT2D eigenvalue weighted by molar-refractivity contribution is 0.102. The summed E-state index contributed by atoms with van der Waals surface area (Å²) in [4.78, 5) is 2.26. The van der Waals surface area contributed by atoms with E-state index in [2.05, 4.69) is 33.9 Å². The molecule has 18 heavy (non-hydrogen) atoms. The molecule has 0 heterocycles. The molecule has 4 heteroatoms. The summed E-state index contributed by atoms with van der Waals surface area (Å²) in [6.07, 6.45) is 2.71. The maximum atomic E-state index is 5.87. The van der Waals surface area contributed by atoms with Crippen LogP contribution < -0.4 is 5.73 Å². The summed E-state index contributed by atoms with van der Waals surface area (Å²) in [5, 5.41) is 0. The molecule has 1 saturated carbocycles. The van der Waals surface area contributed by atoms with Crippen LogP contribution in [0, 0.1) is 5.92 Å². The smallest absolute Gasteiger partial charge is 0.0593 e. The van der Waals surface area contributed by atoms with E-state index < -0.39 is 0 Å². The normalized spacial score (nSPS) is 15.3. The molecule has 1 aliphatic carbocycles. The highest BCUT2D eigenvalue weighted by molar-refractivity contribution is 9.10. The summed E-state index contributed by atoms with van der Waals surface area (Å²) in [5.41, 5.74) is 7.90. The van der Waals surface area contributed by atoms with Gasteiger partial charge in [-0.05, 0) is 59.4 Å². The molecule has 0 unspecified atom stereocenters. The molecule has 3 nitrogen and oxygen atoms in total. The van der Waals surface area contributed by atoms with E-state index >= 15 is 0 Å². The molecule has 2 rings (SSSR count). The maximum Gasteiger partial charge on any atom is 0.0593 e. The van der Waals surface area contributed by atoms with E-state index in [1.807, 2.05) is 12.1 Å². The van der Waals surface area contributed by atoms with Crippen LogP contribution >= 0.6 is 15.9 Å². The van der Waals surface area contributed by atoms with Crippen LogP contribution in [0.5, 0.6) is 0 Å². The summed E-state index contributed by atoms with van der Waals surface area (Å²) >= 11 is 3.41. The lowest BCUT2D eigenvalue weighted by Gasteiger charge is -2.17. The third-order valence-corrected chi connectivity index (χ3v) is 3.90. The highest BCUT2D eigenvalue weighted by Crippen LogP contribution is 2.28. The standard InChI is InChI=1S/C14H21BrN2O/c1-17(6-7-18-10-11-2-3-11)9-12-4-5-13(15)14(16)8-12/h4-5,8,11H,2-3,6-7,9-10,16H2,1H3. The molecular formula is C14H21BrN2O. The van der Waals surface area contributed by atoms with Gasteiger partial charge >= 0.3 is 0 Å². The number of benzene rings is 1. The van der Waals surface area contributed by atoms with Gasteiger partial charge in [-0.3, -0.25) is 4.90 Å². The van der Waals surface area contributed by atoms with Crippen LogP contribution in [0.4, 0.5) is 5.69 Å². The number of halogens is 1. The first-order valence-corrected chi connectivity index (χ1v) is 7.24. The number of anilines is 1. The zero-order chi connectivity index (χ0) is 13.0. The van der Waals surface area contributed by atoms with Crippen molar-refractivity contribution in [3.05, 3.63) is 28.2 Å². The predicted molar refractivity (Wildman–Crippen MR) is 78.4 cm³/mol. The molecule has 1 fully saturated rings. The minimum absolute atomic E-state index is 0.797. The Hall–Kier alpha value is -0.580. The second kappa shape index (κ2) is 6.55. The van der Waals surface area contributed by atoms with Crippen molar-refractivity contribution < 1.29 is 4.74 Å². The van der Waals surface area contributed by atoms with Crippen molar-refractivity contribution in [1.29, 1.82) is 0 Å². The van der Waals surface area contributed by atoms with Gasteiger partial charge in [0.2, 0.25) is 0 Å². The highest BCUT2D eigenvalue weighted by Gasteiger charge is 2.20. The Bertz CT molecular complexity index is 393. The highest BCUT2D eigenvalue weighted by atomic mass is 79.9. The van der Waals surface area contributed by atoms with Crippen LogP contribution in [-0.4, -0.2) is 31.7 Å². The fourth-order valence-corrected chi connectivity index (χ4v) is 2.08. The van der Waals surface area contributed by atoms with Crippen molar-refractivity contribution in [2.75, 3.05) is 32.5 Å². The molecule has 2 N–H and O–H groups in total. The van der Waals surface area contributed by atoms with Crippen molar-refractivity contribution in [2.24, 2.45) is 5.92 Å². The first-order chi connectivity index (χ1) is 8.65. The fraction of sp³-hybridized carbons (Fsp3) is 0.571. The van der Waals surface area contributed by atoms with Gasteiger partial charge in [-0.25, -0.2) is 0 Å². The zero-order valence-corrected chi connectivity index (χ0v) is 12.4. The second-order valence-corrected chi connectivity index (χ2v) is 5.97. The van der Waals surface area contributed by atoms with Crippen LogP contribution in [0.1, 0.15) is 18.4 Å². The lowest BCUT2D eigenvalue weighted by Crippen LogP contribution is -2.23. The number of nitrogen functional groups attached to an aromatic ring is 1. The zero-order valence-electron chi connectivity index (χ0n) is 10.9. The summed E-state index contributed by atoms with van der Waals surface area (Å²) < 4.78 is 6.59. The van der Waals surface area contributed by atoms with Gasteiger partial charge in [0.1, 0.15) is 0 Å². The fourth-order valence-electron chi connectivity index (χ4n) is 1.84. The largest absolute Gasteiger partial charge is 0.398 e. The van der Waals surface area contributed by atoms with Crippen LogP contribution in [0.25, 0.3) is 0 Å². The van der Waals surface area contributed by atoms with Crippen molar-refractivity contribution in [3.8, 4) is 0 Å². The average molecular weight is 313 g/mol. The number of hydrogen-bond acceptors (Lipinski definition) is 3. The first-order valence-electron chi connectivity index (χ1n) is 6.45. The molecule has 0 bridgehead atoms. The van der Waals surface area contributed by atoms with Gasteiger partial charge in [0.15, 0.2) is 0 Å². The molecule has 1 aromatic carbocycles. The number of ether oxygens (including phenoxy) is 1. The van der Waals surface area contributed by atoms with Crippen LogP contribution in [-0.2, 0) is 11.3 Å². The SMILES string of the molecule is CN(CCOCC1CC1)Cc1ccc(Br)c(N)c1. The number of nitrogens with zero attached hydrogens (tertiary/aromatic N) is 1. The molecule has 0 saturated heterocycles. The molecule has 0 spiro atoms. The van der Waals surface area contributed by atoms with E-state index in [0.29, 0.717) is 0 Å². The number of nitrogens with two attached hydrogens (primary N) is 1. The van der Waals surface area contributed by atoms with Crippen molar-refractivity contribution in [3.63, 3.8) is 0 Å². The van der Waals surface area contributed by atoms with Crippen LogP contribution in [0.3, 0.4) is 0 Å². The molecule has 0 amide bonds. The molecule has 0 aromatic heterocycles. The minimum Gasteiger partial charge on any atom is -0.398 e. The van der Waals surface area contributed by atoms with Gasteiger partial charge in [-0.15, -0.1) is 0 Å². The number of likely N-dealkylation sites (N-methyl/N-ethyl adjacent to an activating group) is 1. The molecular weight excluding hydrogens is 292 g/mol. The summed E-state index contributed by atoms with van der Waals surface area (Å²) in [6, 6.07) is 6.12. The Kier molecular flexibility index (Phi) is 5.03. The molecule has 100 valence electrons. The van der Waals surface area contributed by atoms with E-state index in [9.17, 15) is 0 Å². The minimum atomic E-state index is 0.797. The Morgan fingerprint density at radius 3 is 2.89 bits per heavy atom. The third-order valence-electron chi connectivity index (χ3n) is 3.18. The second-order valence-electron chi connectivity index (χ2n) is 5.11.